The lowest BCUT2D eigenvalue weighted by molar-refractivity contribution is -0.131. The van der Waals surface area contributed by atoms with E-state index in [1.165, 1.54) is 0 Å². The minimum absolute atomic E-state index is 0.548. The quantitative estimate of drug-likeness (QED) is 0.829. The Morgan fingerprint density at radius 1 is 1.42 bits per heavy atom. The molecule has 0 aliphatic carbocycles. The number of carboxylic acids is 1. The lowest BCUT2D eigenvalue weighted by Crippen LogP contribution is -2.21. The van der Waals surface area contributed by atoms with E-state index in [9.17, 15) is 4.79 Å². The molecule has 0 aromatic heterocycles. The Balaban J connectivity index is 1.89. The normalized spacial score (nSPS) is 16.6. The van der Waals surface area contributed by atoms with E-state index in [4.69, 9.17) is 14.6 Å². The average molecular weight is 262 g/mol. The minimum atomic E-state index is -0.950. The molecule has 0 amide bonds. The first-order chi connectivity index (χ1) is 9.24. The topological polar surface area (TPSA) is 55.8 Å². The fraction of sp³-hybridized carbons (Fsp3) is 0.400. The lowest BCUT2D eigenvalue weighted by Gasteiger charge is -2.22. The second kappa shape index (κ2) is 6.95. The van der Waals surface area contributed by atoms with Gasteiger partial charge in [-0.2, -0.15) is 0 Å². The third kappa shape index (κ3) is 4.75. The van der Waals surface area contributed by atoms with Gasteiger partial charge in [-0.3, -0.25) is 0 Å². The molecule has 1 aliphatic heterocycles. The van der Waals surface area contributed by atoms with Gasteiger partial charge in [0.05, 0.1) is 6.61 Å². The van der Waals surface area contributed by atoms with Gasteiger partial charge in [0.25, 0.3) is 0 Å². The second-order valence-electron chi connectivity index (χ2n) is 4.61. The van der Waals surface area contributed by atoms with Crippen molar-refractivity contribution in [1.82, 2.24) is 0 Å². The zero-order chi connectivity index (χ0) is 13.5. The summed E-state index contributed by atoms with van der Waals surface area (Å²) in [7, 11) is 0. The van der Waals surface area contributed by atoms with E-state index >= 15 is 0 Å². The molecule has 1 fully saturated rings. The maximum absolute atomic E-state index is 10.5. The summed E-state index contributed by atoms with van der Waals surface area (Å²) < 4.78 is 11.1. The highest BCUT2D eigenvalue weighted by molar-refractivity contribution is 5.85. The maximum atomic E-state index is 10.5. The SMILES string of the molecule is O=C(O)C=Cc1cccc(OCC2CCOCC2)c1. The molecule has 0 saturated carbocycles. The van der Waals surface area contributed by atoms with Crippen molar-refractivity contribution in [2.24, 2.45) is 5.92 Å². The van der Waals surface area contributed by atoms with E-state index in [0.717, 1.165) is 43.4 Å². The van der Waals surface area contributed by atoms with Crippen LogP contribution in [0, 0.1) is 5.92 Å². The van der Waals surface area contributed by atoms with Gasteiger partial charge in [0.1, 0.15) is 5.75 Å². The van der Waals surface area contributed by atoms with Crippen LogP contribution in [0.3, 0.4) is 0 Å². The first-order valence-corrected chi connectivity index (χ1v) is 6.45. The van der Waals surface area contributed by atoms with E-state index in [1.807, 2.05) is 24.3 Å². The standard InChI is InChI=1S/C15H18O4/c16-15(17)5-4-12-2-1-3-14(10-12)19-11-13-6-8-18-9-7-13/h1-5,10,13H,6-9,11H2,(H,16,17). The Kier molecular flexibility index (Phi) is 4.98. The molecule has 0 unspecified atom stereocenters. The smallest absolute Gasteiger partial charge is 0.328 e. The summed E-state index contributed by atoms with van der Waals surface area (Å²) >= 11 is 0. The van der Waals surface area contributed by atoms with Crippen molar-refractivity contribution < 1.29 is 19.4 Å². The van der Waals surface area contributed by atoms with Crippen molar-refractivity contribution in [3.05, 3.63) is 35.9 Å². The lowest BCUT2D eigenvalue weighted by atomic mass is 10.0. The van der Waals surface area contributed by atoms with Crippen LogP contribution >= 0.6 is 0 Å². The molecule has 0 atom stereocenters. The molecule has 1 aliphatic rings. The maximum Gasteiger partial charge on any atom is 0.328 e. The predicted octanol–water partition coefficient (Wildman–Crippen LogP) is 2.59. The van der Waals surface area contributed by atoms with Crippen LogP contribution in [-0.4, -0.2) is 30.9 Å². The molecule has 1 N–H and O–H groups in total. The second-order valence-corrected chi connectivity index (χ2v) is 4.61. The van der Waals surface area contributed by atoms with Gasteiger partial charge in [0, 0.05) is 19.3 Å². The highest BCUT2D eigenvalue weighted by Crippen LogP contribution is 2.19. The molecule has 4 heteroatoms. The molecular weight excluding hydrogens is 244 g/mol. The Hall–Kier alpha value is -1.81. The molecule has 1 aromatic rings. The van der Waals surface area contributed by atoms with E-state index in [2.05, 4.69) is 0 Å². The third-order valence-corrected chi connectivity index (χ3v) is 3.10. The monoisotopic (exact) mass is 262 g/mol. The van der Waals surface area contributed by atoms with E-state index in [-0.39, 0.29) is 0 Å². The first kappa shape index (κ1) is 13.6. The number of rotatable bonds is 5. The van der Waals surface area contributed by atoms with Crippen molar-refractivity contribution in [3.63, 3.8) is 0 Å². The number of ether oxygens (including phenoxy) is 2. The van der Waals surface area contributed by atoms with Gasteiger partial charge in [-0.1, -0.05) is 12.1 Å². The summed E-state index contributed by atoms with van der Waals surface area (Å²) in [6, 6.07) is 7.44. The molecule has 0 bridgehead atoms. The Labute approximate surface area is 112 Å². The number of carboxylic acid groups (broad SMARTS) is 1. The van der Waals surface area contributed by atoms with Crippen LogP contribution in [0.2, 0.25) is 0 Å². The first-order valence-electron chi connectivity index (χ1n) is 6.45. The summed E-state index contributed by atoms with van der Waals surface area (Å²) in [4.78, 5) is 10.5. The molecule has 1 heterocycles. The zero-order valence-electron chi connectivity index (χ0n) is 10.7. The van der Waals surface area contributed by atoms with Gasteiger partial charge in [-0.25, -0.2) is 4.79 Å². The van der Waals surface area contributed by atoms with E-state index in [0.29, 0.717) is 12.5 Å². The number of aliphatic carboxylic acids is 1. The number of hydrogen-bond acceptors (Lipinski definition) is 3. The Morgan fingerprint density at radius 2 is 2.21 bits per heavy atom. The minimum Gasteiger partial charge on any atom is -0.493 e. The van der Waals surface area contributed by atoms with Crippen molar-refractivity contribution in [3.8, 4) is 5.75 Å². The summed E-state index contributed by atoms with van der Waals surface area (Å²) in [6.07, 6.45) is 4.76. The van der Waals surface area contributed by atoms with Crippen molar-refractivity contribution in [2.75, 3.05) is 19.8 Å². The van der Waals surface area contributed by atoms with Gasteiger partial charge in [0.15, 0.2) is 0 Å². The molecule has 1 saturated heterocycles. The van der Waals surface area contributed by atoms with Crippen LogP contribution in [0.25, 0.3) is 6.08 Å². The number of benzene rings is 1. The average Bonchev–Trinajstić information content (AvgIpc) is 2.44. The molecule has 4 nitrogen and oxygen atoms in total. The van der Waals surface area contributed by atoms with Crippen LogP contribution in [0.1, 0.15) is 18.4 Å². The van der Waals surface area contributed by atoms with Gasteiger partial charge >= 0.3 is 5.97 Å². The van der Waals surface area contributed by atoms with Gasteiger partial charge in [-0.05, 0) is 42.5 Å². The van der Waals surface area contributed by atoms with E-state index in [1.54, 1.807) is 6.08 Å². The molecule has 102 valence electrons. The predicted molar refractivity (Wildman–Crippen MR) is 72.1 cm³/mol. The highest BCUT2D eigenvalue weighted by atomic mass is 16.5. The largest absolute Gasteiger partial charge is 0.493 e. The van der Waals surface area contributed by atoms with Crippen LogP contribution in [-0.2, 0) is 9.53 Å². The highest BCUT2D eigenvalue weighted by Gasteiger charge is 2.14. The van der Waals surface area contributed by atoms with Crippen LogP contribution < -0.4 is 4.74 Å². The summed E-state index contributed by atoms with van der Waals surface area (Å²) in [5.74, 6) is 0.375. The number of hydrogen-bond donors (Lipinski definition) is 1. The molecule has 19 heavy (non-hydrogen) atoms. The third-order valence-electron chi connectivity index (χ3n) is 3.10. The zero-order valence-corrected chi connectivity index (χ0v) is 10.7. The Bertz CT molecular complexity index is 447. The van der Waals surface area contributed by atoms with Gasteiger partial charge < -0.3 is 14.6 Å². The Morgan fingerprint density at radius 3 is 2.95 bits per heavy atom. The molecule has 2 rings (SSSR count). The van der Waals surface area contributed by atoms with Crippen molar-refractivity contribution in [1.29, 1.82) is 0 Å². The summed E-state index contributed by atoms with van der Waals surface area (Å²) in [5.41, 5.74) is 0.826. The fourth-order valence-corrected chi connectivity index (χ4v) is 2.00. The number of carbonyl (C=O) groups is 1. The molecular formula is C15H18O4. The van der Waals surface area contributed by atoms with Crippen LogP contribution in [0.15, 0.2) is 30.3 Å². The summed E-state index contributed by atoms with van der Waals surface area (Å²) in [6.45, 7) is 2.32. The molecule has 0 spiro atoms. The summed E-state index contributed by atoms with van der Waals surface area (Å²) in [5, 5.41) is 8.59. The molecule has 1 aromatic carbocycles. The van der Waals surface area contributed by atoms with Gasteiger partial charge in [-0.15, -0.1) is 0 Å². The van der Waals surface area contributed by atoms with E-state index < -0.39 is 5.97 Å². The van der Waals surface area contributed by atoms with Gasteiger partial charge in [0.2, 0.25) is 0 Å². The van der Waals surface area contributed by atoms with Crippen molar-refractivity contribution in [2.45, 2.75) is 12.8 Å². The van der Waals surface area contributed by atoms with Crippen LogP contribution in [0.5, 0.6) is 5.75 Å². The van der Waals surface area contributed by atoms with Crippen molar-refractivity contribution >= 4 is 12.0 Å². The van der Waals surface area contributed by atoms with Crippen LogP contribution in [0.4, 0.5) is 0 Å². The fourth-order valence-electron chi connectivity index (χ4n) is 2.00. The molecule has 0 radical (unpaired) electrons.